The maximum Gasteiger partial charge on any atom is 0.236 e. The Morgan fingerprint density at radius 3 is 2.59 bits per heavy atom. The van der Waals surface area contributed by atoms with Crippen LogP contribution in [-0.2, 0) is 4.79 Å². The van der Waals surface area contributed by atoms with Gasteiger partial charge in [-0.25, -0.2) is 0 Å². The molecule has 4 heteroatoms. The van der Waals surface area contributed by atoms with E-state index in [-0.39, 0.29) is 16.7 Å². The van der Waals surface area contributed by atoms with Crippen molar-refractivity contribution < 1.29 is 4.79 Å². The molecule has 1 atom stereocenters. The summed E-state index contributed by atoms with van der Waals surface area (Å²) < 4.78 is 0.264. The minimum Gasteiger partial charge on any atom is -0.353 e. The lowest BCUT2D eigenvalue weighted by Crippen LogP contribution is -2.47. The van der Waals surface area contributed by atoms with E-state index in [1.54, 1.807) is 0 Å². The molecule has 0 aromatic rings. The van der Waals surface area contributed by atoms with Crippen molar-refractivity contribution in [3.8, 4) is 0 Å². The van der Waals surface area contributed by atoms with E-state index >= 15 is 0 Å². The van der Waals surface area contributed by atoms with Crippen molar-refractivity contribution in [3.63, 3.8) is 0 Å². The van der Waals surface area contributed by atoms with Gasteiger partial charge in [0.05, 0.1) is 6.04 Å². The Labute approximate surface area is 109 Å². The van der Waals surface area contributed by atoms with Gasteiger partial charge in [0.1, 0.15) is 0 Å². The van der Waals surface area contributed by atoms with Crippen molar-refractivity contribution in [2.45, 2.75) is 62.7 Å². The molecule has 17 heavy (non-hydrogen) atoms. The van der Waals surface area contributed by atoms with E-state index in [1.165, 1.54) is 32.1 Å². The number of hydrogen-bond acceptors (Lipinski definition) is 3. The fourth-order valence-corrected chi connectivity index (χ4v) is 3.38. The van der Waals surface area contributed by atoms with Gasteiger partial charge in [-0.3, -0.25) is 4.79 Å². The lowest BCUT2D eigenvalue weighted by molar-refractivity contribution is -0.122. The topological polar surface area (TPSA) is 55.1 Å². The normalized spacial score (nSPS) is 20.9. The van der Waals surface area contributed by atoms with Crippen molar-refractivity contribution in [3.05, 3.63) is 0 Å². The monoisotopic (exact) mass is 258 g/mol. The van der Waals surface area contributed by atoms with Crippen LogP contribution in [0.3, 0.4) is 0 Å². The molecule has 0 unspecified atom stereocenters. The molecule has 0 aliphatic heterocycles. The molecule has 1 fully saturated rings. The molecule has 0 aromatic carbocycles. The lowest BCUT2D eigenvalue weighted by atomic mass is 9.88. The molecule has 100 valence electrons. The first kappa shape index (κ1) is 14.8. The number of rotatable bonds is 6. The molecule has 0 bridgehead atoms. The third-order valence-electron chi connectivity index (χ3n) is 3.72. The molecule has 1 saturated carbocycles. The number of nitrogens with one attached hydrogen (secondary N) is 1. The van der Waals surface area contributed by atoms with Crippen molar-refractivity contribution in [2.24, 2.45) is 5.73 Å². The zero-order valence-corrected chi connectivity index (χ0v) is 11.9. The smallest absolute Gasteiger partial charge is 0.236 e. The number of hydrogen-bond donors (Lipinski definition) is 2. The van der Waals surface area contributed by atoms with Gasteiger partial charge in [-0.05, 0) is 25.5 Å². The molecule has 0 spiro atoms. The minimum atomic E-state index is -0.331. The number of amides is 1. The van der Waals surface area contributed by atoms with Gasteiger partial charge >= 0.3 is 0 Å². The minimum absolute atomic E-state index is 0.0193. The average Bonchev–Trinajstić information content (AvgIpc) is 2.37. The third-order valence-corrected chi connectivity index (χ3v) is 5.14. The van der Waals surface area contributed by atoms with E-state index in [2.05, 4.69) is 18.5 Å². The van der Waals surface area contributed by atoms with Crippen LogP contribution in [0.1, 0.15) is 51.9 Å². The van der Waals surface area contributed by atoms with E-state index < -0.39 is 0 Å². The Kier molecular flexibility index (Phi) is 6.34. The van der Waals surface area contributed by atoms with Gasteiger partial charge in [0.25, 0.3) is 0 Å². The van der Waals surface area contributed by atoms with E-state index in [9.17, 15) is 4.79 Å². The Morgan fingerprint density at radius 2 is 2.06 bits per heavy atom. The van der Waals surface area contributed by atoms with E-state index in [0.29, 0.717) is 0 Å². The number of carbonyl (C=O) groups excluding carboxylic acids is 1. The first-order valence-corrected chi connectivity index (χ1v) is 7.94. The molecular formula is C13H26N2OS. The summed E-state index contributed by atoms with van der Waals surface area (Å²) in [6, 6.07) is -0.331. The molecular weight excluding hydrogens is 232 g/mol. The van der Waals surface area contributed by atoms with Gasteiger partial charge < -0.3 is 11.1 Å². The summed E-state index contributed by atoms with van der Waals surface area (Å²) in [6.45, 7) is 2.84. The molecule has 1 rings (SSSR count). The maximum atomic E-state index is 11.8. The predicted octanol–water partition coefficient (Wildman–Crippen LogP) is 2.30. The summed E-state index contributed by atoms with van der Waals surface area (Å²) in [5, 5.41) is 3.04. The zero-order valence-electron chi connectivity index (χ0n) is 11.1. The van der Waals surface area contributed by atoms with Crippen LogP contribution in [0.2, 0.25) is 0 Å². The second-order valence-corrected chi connectivity index (χ2v) is 6.34. The van der Waals surface area contributed by atoms with Crippen LogP contribution in [-0.4, -0.2) is 29.5 Å². The van der Waals surface area contributed by atoms with Crippen LogP contribution < -0.4 is 11.1 Å². The fraction of sp³-hybridized carbons (Fsp3) is 0.923. The number of thioether (sulfide) groups is 1. The van der Waals surface area contributed by atoms with E-state index in [4.69, 9.17) is 5.73 Å². The summed E-state index contributed by atoms with van der Waals surface area (Å²) in [6.07, 6.45) is 10.2. The molecule has 0 aromatic heterocycles. The fourth-order valence-electron chi connectivity index (χ4n) is 2.47. The second kappa shape index (κ2) is 7.27. The maximum absolute atomic E-state index is 11.8. The summed E-state index contributed by atoms with van der Waals surface area (Å²) in [7, 11) is 0. The van der Waals surface area contributed by atoms with Crippen LogP contribution in [0.5, 0.6) is 0 Å². The Hall–Kier alpha value is -0.220. The number of nitrogens with two attached hydrogens (primary N) is 1. The highest BCUT2D eigenvalue weighted by Crippen LogP contribution is 2.37. The summed E-state index contributed by atoms with van der Waals surface area (Å²) in [5.41, 5.74) is 5.81. The Balaban J connectivity index is 2.39. The van der Waals surface area contributed by atoms with Gasteiger partial charge in [-0.1, -0.05) is 32.6 Å². The van der Waals surface area contributed by atoms with Crippen LogP contribution >= 0.6 is 11.8 Å². The zero-order chi connectivity index (χ0) is 12.7. The number of carbonyl (C=O) groups is 1. The Bertz CT molecular complexity index is 240. The third kappa shape index (κ3) is 4.51. The predicted molar refractivity (Wildman–Crippen MR) is 75.2 cm³/mol. The van der Waals surface area contributed by atoms with Gasteiger partial charge in [-0.15, -0.1) is 0 Å². The van der Waals surface area contributed by atoms with Crippen molar-refractivity contribution in [2.75, 3.05) is 12.8 Å². The van der Waals surface area contributed by atoms with Crippen molar-refractivity contribution in [1.29, 1.82) is 0 Å². The SMILES string of the molecule is CCC[C@H](N)C(=O)NCC1(SC)CCCCC1. The molecule has 3 N–H and O–H groups in total. The standard InChI is InChI=1S/C13H26N2OS/c1-3-7-11(14)12(16)15-10-13(17-2)8-5-4-6-9-13/h11H,3-10,14H2,1-2H3,(H,15,16)/t11-/m0/s1. The lowest BCUT2D eigenvalue weighted by Gasteiger charge is -2.36. The van der Waals surface area contributed by atoms with Crippen LogP contribution in [0.4, 0.5) is 0 Å². The molecule has 0 heterocycles. The Morgan fingerprint density at radius 1 is 1.41 bits per heavy atom. The molecule has 1 aliphatic rings. The van der Waals surface area contributed by atoms with E-state index in [0.717, 1.165) is 19.4 Å². The molecule has 1 aliphatic carbocycles. The first-order valence-electron chi connectivity index (χ1n) is 6.72. The van der Waals surface area contributed by atoms with Gasteiger partial charge in [-0.2, -0.15) is 11.8 Å². The van der Waals surface area contributed by atoms with Gasteiger partial charge in [0.2, 0.25) is 5.91 Å². The molecule has 3 nitrogen and oxygen atoms in total. The quantitative estimate of drug-likeness (QED) is 0.768. The van der Waals surface area contributed by atoms with Crippen molar-refractivity contribution >= 4 is 17.7 Å². The van der Waals surface area contributed by atoms with Gasteiger partial charge in [0, 0.05) is 11.3 Å². The molecule has 0 radical (unpaired) electrons. The van der Waals surface area contributed by atoms with Crippen LogP contribution in [0.15, 0.2) is 0 Å². The largest absolute Gasteiger partial charge is 0.353 e. The first-order chi connectivity index (χ1) is 8.13. The summed E-state index contributed by atoms with van der Waals surface area (Å²) in [5.74, 6) is 0.0193. The summed E-state index contributed by atoms with van der Waals surface area (Å²) in [4.78, 5) is 11.8. The summed E-state index contributed by atoms with van der Waals surface area (Å²) >= 11 is 1.90. The highest BCUT2D eigenvalue weighted by Gasteiger charge is 2.31. The van der Waals surface area contributed by atoms with Crippen LogP contribution in [0, 0.1) is 0 Å². The average molecular weight is 258 g/mol. The van der Waals surface area contributed by atoms with E-state index in [1.807, 2.05) is 11.8 Å². The molecule has 0 saturated heterocycles. The van der Waals surface area contributed by atoms with Gasteiger partial charge in [0.15, 0.2) is 0 Å². The van der Waals surface area contributed by atoms with Crippen LogP contribution in [0.25, 0.3) is 0 Å². The highest BCUT2D eigenvalue weighted by molar-refractivity contribution is 8.00. The molecule has 1 amide bonds. The second-order valence-electron chi connectivity index (χ2n) is 5.06. The highest BCUT2D eigenvalue weighted by atomic mass is 32.2. The van der Waals surface area contributed by atoms with Crippen molar-refractivity contribution in [1.82, 2.24) is 5.32 Å².